The Morgan fingerprint density at radius 2 is 1.74 bits per heavy atom. The summed E-state index contributed by atoms with van der Waals surface area (Å²) in [6.45, 7) is 6.42. The molecule has 0 saturated carbocycles. The van der Waals surface area contributed by atoms with E-state index in [1.165, 1.54) is 24.3 Å². The van der Waals surface area contributed by atoms with E-state index >= 15 is 0 Å². The van der Waals surface area contributed by atoms with Crippen molar-refractivity contribution in [2.75, 3.05) is 17.8 Å². The Bertz CT molecular complexity index is 966. The smallest absolute Gasteiger partial charge is 0.335 e. The summed E-state index contributed by atoms with van der Waals surface area (Å²) in [5, 5.41) is 9.18. The van der Waals surface area contributed by atoms with Crippen LogP contribution in [0.5, 0.6) is 0 Å². The van der Waals surface area contributed by atoms with Crippen LogP contribution in [-0.2, 0) is 10.0 Å². The lowest BCUT2D eigenvalue weighted by molar-refractivity contribution is 0.0694. The fourth-order valence-electron chi connectivity index (χ4n) is 2.62. The molecule has 2 aromatic carbocycles. The van der Waals surface area contributed by atoms with Gasteiger partial charge in [-0.2, -0.15) is 0 Å². The molecule has 0 unspecified atom stereocenters. The van der Waals surface area contributed by atoms with Crippen molar-refractivity contribution in [2.24, 2.45) is 0 Å². The number of aromatic carboxylic acids is 1. The van der Waals surface area contributed by atoms with E-state index in [1.54, 1.807) is 24.0 Å². The number of benzene rings is 2. The van der Waals surface area contributed by atoms with Gasteiger partial charge in [0, 0.05) is 24.3 Å². The lowest BCUT2D eigenvalue weighted by Gasteiger charge is -2.19. The minimum Gasteiger partial charge on any atom is -0.478 e. The molecule has 27 heavy (non-hydrogen) atoms. The number of sulfonamides is 1. The highest BCUT2D eigenvalue weighted by atomic mass is 32.2. The molecule has 2 rings (SSSR count). The molecular weight excluding hydrogens is 368 g/mol. The average Bonchev–Trinajstić information content (AvgIpc) is 2.62. The normalized spacial score (nSPS) is 11.1. The second-order valence-corrected chi connectivity index (χ2v) is 7.63. The van der Waals surface area contributed by atoms with Gasteiger partial charge in [0.1, 0.15) is 0 Å². The fraction of sp³-hybridized carbons (Fsp3) is 0.263. The molecule has 8 heteroatoms. The van der Waals surface area contributed by atoms with Crippen LogP contribution in [0.15, 0.2) is 47.4 Å². The number of carbonyl (C=O) groups is 2. The van der Waals surface area contributed by atoms with Crippen molar-refractivity contribution >= 4 is 27.6 Å². The van der Waals surface area contributed by atoms with E-state index in [-0.39, 0.29) is 22.1 Å². The maximum Gasteiger partial charge on any atom is 0.335 e. The van der Waals surface area contributed by atoms with Gasteiger partial charge < -0.3 is 10.0 Å². The Balaban J connectivity index is 2.34. The number of nitrogens with one attached hydrogen (secondary N) is 1. The van der Waals surface area contributed by atoms with Gasteiger partial charge in [-0.3, -0.25) is 9.52 Å². The van der Waals surface area contributed by atoms with Gasteiger partial charge in [0.25, 0.3) is 15.9 Å². The van der Waals surface area contributed by atoms with Crippen LogP contribution in [-0.4, -0.2) is 43.4 Å². The van der Waals surface area contributed by atoms with E-state index in [2.05, 4.69) is 4.72 Å². The molecule has 144 valence electrons. The molecular formula is C19H22N2O5S. The first-order chi connectivity index (χ1) is 12.7. The topological polar surface area (TPSA) is 104 Å². The molecule has 0 aliphatic carbocycles. The minimum atomic E-state index is -4.00. The van der Waals surface area contributed by atoms with Crippen LogP contribution in [0.2, 0.25) is 0 Å². The quantitative estimate of drug-likeness (QED) is 0.756. The van der Waals surface area contributed by atoms with E-state index in [0.29, 0.717) is 24.2 Å². The van der Waals surface area contributed by atoms with Crippen molar-refractivity contribution in [2.45, 2.75) is 25.7 Å². The van der Waals surface area contributed by atoms with Gasteiger partial charge in [-0.05, 0) is 56.7 Å². The average molecular weight is 390 g/mol. The first kappa shape index (κ1) is 20.4. The van der Waals surface area contributed by atoms with E-state index in [0.717, 1.165) is 6.07 Å². The first-order valence-electron chi connectivity index (χ1n) is 8.45. The van der Waals surface area contributed by atoms with Gasteiger partial charge in [-0.1, -0.05) is 12.1 Å². The third-order valence-corrected chi connectivity index (χ3v) is 5.54. The van der Waals surface area contributed by atoms with E-state index in [9.17, 15) is 23.1 Å². The maximum absolute atomic E-state index is 12.6. The number of hydrogen-bond acceptors (Lipinski definition) is 4. The maximum atomic E-state index is 12.6. The standard InChI is InChI=1S/C19H22N2O5S/c1-4-21(5-2)18(22)14-7-6-8-15(11-14)20-27(25,26)16-10-9-13(3)17(12-16)19(23)24/h6-12,20H,4-5H2,1-3H3,(H,23,24). The summed E-state index contributed by atoms with van der Waals surface area (Å²) in [5.74, 6) is -1.39. The number of carbonyl (C=O) groups excluding carboxylic acids is 1. The summed E-state index contributed by atoms with van der Waals surface area (Å²) >= 11 is 0. The Kier molecular flexibility index (Phi) is 6.22. The molecule has 0 aliphatic heterocycles. The zero-order chi connectivity index (χ0) is 20.2. The third-order valence-electron chi connectivity index (χ3n) is 4.16. The molecule has 0 atom stereocenters. The molecule has 0 bridgehead atoms. The number of anilines is 1. The number of rotatable bonds is 7. The molecule has 7 nitrogen and oxygen atoms in total. The number of aryl methyl sites for hydroxylation is 1. The molecule has 2 N–H and O–H groups in total. The van der Waals surface area contributed by atoms with Gasteiger partial charge in [-0.15, -0.1) is 0 Å². The van der Waals surface area contributed by atoms with E-state index in [1.807, 2.05) is 13.8 Å². The Morgan fingerprint density at radius 3 is 2.33 bits per heavy atom. The molecule has 1 amide bonds. The molecule has 2 aromatic rings. The van der Waals surface area contributed by atoms with Crippen molar-refractivity contribution in [3.05, 3.63) is 59.2 Å². The monoisotopic (exact) mass is 390 g/mol. The molecule has 0 fully saturated rings. The van der Waals surface area contributed by atoms with Crippen LogP contribution < -0.4 is 4.72 Å². The molecule has 0 spiro atoms. The number of hydrogen-bond donors (Lipinski definition) is 2. The number of carboxylic acids is 1. The van der Waals surface area contributed by atoms with Crippen molar-refractivity contribution in [1.29, 1.82) is 0 Å². The van der Waals surface area contributed by atoms with Crippen molar-refractivity contribution in [1.82, 2.24) is 4.90 Å². The van der Waals surface area contributed by atoms with Crippen LogP contribution in [0.4, 0.5) is 5.69 Å². The van der Waals surface area contributed by atoms with Crippen LogP contribution in [0.25, 0.3) is 0 Å². The summed E-state index contributed by atoms with van der Waals surface area (Å²) in [5.41, 5.74) is 0.982. The SMILES string of the molecule is CCN(CC)C(=O)c1cccc(NS(=O)(=O)c2ccc(C)c(C(=O)O)c2)c1. The van der Waals surface area contributed by atoms with E-state index < -0.39 is 16.0 Å². The number of nitrogens with zero attached hydrogens (tertiary/aromatic N) is 1. The lowest BCUT2D eigenvalue weighted by atomic mass is 10.1. The molecule has 0 aromatic heterocycles. The molecule has 0 radical (unpaired) electrons. The van der Waals surface area contributed by atoms with Gasteiger partial charge in [0.15, 0.2) is 0 Å². The second kappa shape index (κ2) is 8.22. The Labute approximate surface area is 158 Å². The van der Waals surface area contributed by atoms with Gasteiger partial charge in [0.2, 0.25) is 0 Å². The highest BCUT2D eigenvalue weighted by Crippen LogP contribution is 2.20. The Morgan fingerprint density at radius 1 is 1.07 bits per heavy atom. The fourth-order valence-corrected chi connectivity index (χ4v) is 3.70. The predicted molar refractivity (Wildman–Crippen MR) is 103 cm³/mol. The van der Waals surface area contributed by atoms with Gasteiger partial charge in [0.05, 0.1) is 10.5 Å². The Hall–Kier alpha value is -2.87. The highest BCUT2D eigenvalue weighted by Gasteiger charge is 2.19. The zero-order valence-corrected chi connectivity index (χ0v) is 16.2. The first-order valence-corrected chi connectivity index (χ1v) is 9.94. The van der Waals surface area contributed by atoms with Crippen molar-refractivity contribution in [3.8, 4) is 0 Å². The minimum absolute atomic E-state index is 0.0802. The largest absolute Gasteiger partial charge is 0.478 e. The highest BCUT2D eigenvalue weighted by molar-refractivity contribution is 7.92. The van der Waals surface area contributed by atoms with Crippen molar-refractivity contribution in [3.63, 3.8) is 0 Å². The van der Waals surface area contributed by atoms with Crippen LogP contribution in [0, 0.1) is 6.92 Å². The summed E-state index contributed by atoms with van der Waals surface area (Å²) in [4.78, 5) is 25.1. The lowest BCUT2D eigenvalue weighted by Crippen LogP contribution is -2.30. The third kappa shape index (κ3) is 4.65. The van der Waals surface area contributed by atoms with Gasteiger partial charge in [-0.25, -0.2) is 13.2 Å². The summed E-state index contributed by atoms with van der Waals surface area (Å²) in [7, 11) is -4.00. The van der Waals surface area contributed by atoms with Crippen LogP contribution in [0.1, 0.15) is 40.1 Å². The summed E-state index contributed by atoms with van der Waals surface area (Å²) in [6.07, 6.45) is 0. The number of amides is 1. The molecule has 0 aliphatic rings. The predicted octanol–water partition coefficient (Wildman–Crippen LogP) is 2.98. The second-order valence-electron chi connectivity index (χ2n) is 5.95. The van der Waals surface area contributed by atoms with Crippen molar-refractivity contribution < 1.29 is 23.1 Å². The van der Waals surface area contributed by atoms with Gasteiger partial charge >= 0.3 is 5.97 Å². The number of carboxylic acid groups (broad SMARTS) is 1. The molecule has 0 saturated heterocycles. The summed E-state index contributed by atoms with van der Waals surface area (Å²) in [6, 6.07) is 10.1. The van der Waals surface area contributed by atoms with E-state index in [4.69, 9.17) is 0 Å². The zero-order valence-electron chi connectivity index (χ0n) is 15.4. The summed E-state index contributed by atoms with van der Waals surface area (Å²) < 4.78 is 27.6. The van der Waals surface area contributed by atoms with Crippen LogP contribution in [0.3, 0.4) is 0 Å². The van der Waals surface area contributed by atoms with Crippen LogP contribution >= 0.6 is 0 Å². The molecule has 0 heterocycles.